The first-order valence-electron chi connectivity index (χ1n) is 6.40. The molecule has 0 radical (unpaired) electrons. The summed E-state index contributed by atoms with van der Waals surface area (Å²) in [7, 11) is 0. The predicted octanol–water partition coefficient (Wildman–Crippen LogP) is 0.847. The molecule has 1 aliphatic rings. The molecule has 5 nitrogen and oxygen atoms in total. The average molecular weight is 238 g/mol. The molecule has 1 aliphatic heterocycles. The number of nitrogens with zero attached hydrogens (tertiary/aromatic N) is 3. The van der Waals surface area contributed by atoms with Gasteiger partial charge in [0.15, 0.2) is 0 Å². The van der Waals surface area contributed by atoms with Crippen LogP contribution in [0, 0.1) is 0 Å². The van der Waals surface area contributed by atoms with Crippen molar-refractivity contribution in [3.63, 3.8) is 0 Å². The molecule has 0 spiro atoms. The lowest BCUT2D eigenvalue weighted by molar-refractivity contribution is 0.141. The van der Waals surface area contributed by atoms with E-state index in [-0.39, 0.29) is 0 Å². The third kappa shape index (κ3) is 3.20. The Hall–Kier alpha value is -1.07. The lowest BCUT2D eigenvalue weighted by Gasteiger charge is -2.18. The van der Waals surface area contributed by atoms with Crippen molar-refractivity contribution in [3.8, 4) is 0 Å². The molecule has 1 unspecified atom stereocenters. The highest BCUT2D eigenvalue weighted by atomic mass is 16.5. The van der Waals surface area contributed by atoms with Crippen molar-refractivity contribution < 1.29 is 4.74 Å². The van der Waals surface area contributed by atoms with Crippen LogP contribution in [0.3, 0.4) is 0 Å². The van der Waals surface area contributed by atoms with E-state index in [1.165, 1.54) is 0 Å². The van der Waals surface area contributed by atoms with Crippen LogP contribution in [0.5, 0.6) is 0 Å². The first kappa shape index (κ1) is 12.4. The summed E-state index contributed by atoms with van der Waals surface area (Å²) in [6.45, 7) is 6.52. The van der Waals surface area contributed by atoms with Crippen molar-refractivity contribution in [2.24, 2.45) is 5.73 Å². The zero-order valence-corrected chi connectivity index (χ0v) is 10.5. The second-order valence-corrected chi connectivity index (χ2v) is 4.47. The van der Waals surface area contributed by atoms with Crippen molar-refractivity contribution in [1.82, 2.24) is 9.55 Å². The monoisotopic (exact) mass is 238 g/mol. The second kappa shape index (κ2) is 6.02. The van der Waals surface area contributed by atoms with E-state index in [0.29, 0.717) is 6.04 Å². The molecule has 2 rings (SSSR count). The summed E-state index contributed by atoms with van der Waals surface area (Å²) in [4.78, 5) is 6.69. The standard InChI is InChI=1S/C12H22N4O/c1-2-17-9-3-6-15-8-5-14-12(15)16-7-4-11(13)10-16/h5,8,11H,2-4,6-7,9-10,13H2,1H3. The molecule has 0 saturated carbocycles. The molecular weight excluding hydrogens is 216 g/mol. The average Bonchev–Trinajstić information content (AvgIpc) is 2.93. The summed E-state index contributed by atoms with van der Waals surface area (Å²) in [5, 5.41) is 0. The fourth-order valence-corrected chi connectivity index (χ4v) is 2.21. The summed E-state index contributed by atoms with van der Waals surface area (Å²) in [6.07, 6.45) is 5.98. The second-order valence-electron chi connectivity index (χ2n) is 4.47. The lowest BCUT2D eigenvalue weighted by Crippen LogP contribution is -2.28. The zero-order valence-electron chi connectivity index (χ0n) is 10.5. The summed E-state index contributed by atoms with van der Waals surface area (Å²) < 4.78 is 7.54. The van der Waals surface area contributed by atoms with Gasteiger partial charge in [0, 0.05) is 51.3 Å². The van der Waals surface area contributed by atoms with Crippen molar-refractivity contribution in [3.05, 3.63) is 12.4 Å². The molecule has 1 aromatic rings. The van der Waals surface area contributed by atoms with E-state index in [1.807, 2.05) is 19.3 Å². The fraction of sp³-hybridized carbons (Fsp3) is 0.750. The predicted molar refractivity (Wildman–Crippen MR) is 68.1 cm³/mol. The minimum Gasteiger partial charge on any atom is -0.382 e. The number of nitrogens with two attached hydrogens (primary N) is 1. The van der Waals surface area contributed by atoms with Crippen LogP contribution < -0.4 is 10.6 Å². The highest BCUT2D eigenvalue weighted by Gasteiger charge is 2.22. The third-order valence-electron chi connectivity index (χ3n) is 3.09. The van der Waals surface area contributed by atoms with Gasteiger partial charge in [-0.25, -0.2) is 4.98 Å². The van der Waals surface area contributed by atoms with Gasteiger partial charge in [0.2, 0.25) is 5.95 Å². The largest absolute Gasteiger partial charge is 0.382 e. The topological polar surface area (TPSA) is 56.3 Å². The quantitative estimate of drug-likeness (QED) is 0.746. The molecule has 96 valence electrons. The van der Waals surface area contributed by atoms with Gasteiger partial charge in [-0.1, -0.05) is 0 Å². The maximum Gasteiger partial charge on any atom is 0.205 e. The van der Waals surface area contributed by atoms with Crippen LogP contribution in [-0.2, 0) is 11.3 Å². The number of ether oxygens (including phenoxy) is 1. The molecule has 5 heteroatoms. The third-order valence-corrected chi connectivity index (χ3v) is 3.09. The van der Waals surface area contributed by atoms with E-state index in [2.05, 4.69) is 14.5 Å². The Morgan fingerprint density at radius 2 is 2.47 bits per heavy atom. The van der Waals surface area contributed by atoms with E-state index < -0.39 is 0 Å². The first-order valence-corrected chi connectivity index (χ1v) is 6.40. The number of aryl methyl sites for hydroxylation is 1. The Morgan fingerprint density at radius 3 is 3.18 bits per heavy atom. The van der Waals surface area contributed by atoms with Gasteiger partial charge in [0.05, 0.1) is 0 Å². The molecule has 1 aromatic heterocycles. The van der Waals surface area contributed by atoms with Crippen LogP contribution in [-0.4, -0.2) is 41.9 Å². The summed E-state index contributed by atoms with van der Waals surface area (Å²) in [5.74, 6) is 1.05. The number of imidazole rings is 1. The molecule has 0 aliphatic carbocycles. The molecular formula is C12H22N4O. The van der Waals surface area contributed by atoms with Crippen LogP contribution >= 0.6 is 0 Å². The Labute approximate surface area is 103 Å². The first-order chi connectivity index (χ1) is 8.31. The summed E-state index contributed by atoms with van der Waals surface area (Å²) >= 11 is 0. The van der Waals surface area contributed by atoms with E-state index in [1.54, 1.807) is 0 Å². The normalized spacial score (nSPS) is 20.1. The minimum absolute atomic E-state index is 0.295. The Balaban J connectivity index is 1.88. The molecule has 1 saturated heterocycles. The molecule has 1 fully saturated rings. The number of hydrogen-bond acceptors (Lipinski definition) is 4. The molecule has 1 atom stereocenters. The molecule has 17 heavy (non-hydrogen) atoms. The SMILES string of the molecule is CCOCCCn1ccnc1N1CCC(N)C1. The summed E-state index contributed by atoms with van der Waals surface area (Å²) in [6, 6.07) is 0.295. The van der Waals surface area contributed by atoms with Gasteiger partial charge < -0.3 is 19.9 Å². The van der Waals surface area contributed by atoms with Crippen LogP contribution in [0.2, 0.25) is 0 Å². The highest BCUT2D eigenvalue weighted by molar-refractivity contribution is 5.33. The molecule has 0 aromatic carbocycles. The van der Waals surface area contributed by atoms with Crippen LogP contribution in [0.15, 0.2) is 12.4 Å². The van der Waals surface area contributed by atoms with Gasteiger partial charge >= 0.3 is 0 Å². The van der Waals surface area contributed by atoms with Gasteiger partial charge in [-0.15, -0.1) is 0 Å². The Morgan fingerprint density at radius 1 is 1.59 bits per heavy atom. The van der Waals surface area contributed by atoms with Crippen molar-refractivity contribution in [2.45, 2.75) is 32.4 Å². The highest BCUT2D eigenvalue weighted by Crippen LogP contribution is 2.17. The van der Waals surface area contributed by atoms with E-state index >= 15 is 0 Å². The molecule has 0 amide bonds. The maximum absolute atomic E-state index is 5.92. The number of hydrogen-bond donors (Lipinski definition) is 1. The number of rotatable bonds is 6. The van der Waals surface area contributed by atoms with E-state index in [4.69, 9.17) is 10.5 Å². The van der Waals surface area contributed by atoms with Gasteiger partial charge in [-0.05, 0) is 19.8 Å². The number of aromatic nitrogens is 2. The van der Waals surface area contributed by atoms with Crippen molar-refractivity contribution >= 4 is 5.95 Å². The van der Waals surface area contributed by atoms with Crippen molar-refractivity contribution in [2.75, 3.05) is 31.2 Å². The molecule has 0 bridgehead atoms. The zero-order chi connectivity index (χ0) is 12.1. The molecule has 2 heterocycles. The minimum atomic E-state index is 0.295. The van der Waals surface area contributed by atoms with Gasteiger partial charge in [-0.2, -0.15) is 0 Å². The van der Waals surface area contributed by atoms with Crippen molar-refractivity contribution in [1.29, 1.82) is 0 Å². The van der Waals surface area contributed by atoms with Gasteiger partial charge in [0.25, 0.3) is 0 Å². The molecule has 2 N–H and O–H groups in total. The smallest absolute Gasteiger partial charge is 0.205 e. The fourth-order valence-electron chi connectivity index (χ4n) is 2.21. The van der Waals surface area contributed by atoms with Crippen LogP contribution in [0.1, 0.15) is 19.8 Å². The van der Waals surface area contributed by atoms with E-state index in [9.17, 15) is 0 Å². The van der Waals surface area contributed by atoms with E-state index in [0.717, 1.165) is 51.6 Å². The summed E-state index contributed by atoms with van der Waals surface area (Å²) in [5.41, 5.74) is 5.92. The maximum atomic E-state index is 5.92. The Kier molecular flexibility index (Phi) is 4.39. The van der Waals surface area contributed by atoms with Gasteiger partial charge in [0.1, 0.15) is 0 Å². The van der Waals surface area contributed by atoms with Gasteiger partial charge in [-0.3, -0.25) is 0 Å². The lowest BCUT2D eigenvalue weighted by atomic mass is 10.3. The number of anilines is 1. The van der Waals surface area contributed by atoms with Crippen LogP contribution in [0.4, 0.5) is 5.95 Å². The van der Waals surface area contributed by atoms with Crippen LogP contribution in [0.25, 0.3) is 0 Å². The Bertz CT molecular complexity index is 339.